The summed E-state index contributed by atoms with van der Waals surface area (Å²) in [6.45, 7) is 10.7. The van der Waals surface area contributed by atoms with Gasteiger partial charge in [-0.15, -0.1) is 6.58 Å². The van der Waals surface area contributed by atoms with Crippen molar-refractivity contribution >= 4 is 11.9 Å². The number of benzene rings is 1. The lowest BCUT2D eigenvalue weighted by atomic mass is 9.77. The van der Waals surface area contributed by atoms with Crippen molar-refractivity contribution in [1.82, 2.24) is 0 Å². The third kappa shape index (κ3) is 5.02. The van der Waals surface area contributed by atoms with E-state index in [9.17, 15) is 9.59 Å². The Bertz CT molecular complexity index is 546. The normalized spacial score (nSPS) is 12.4. The molecule has 1 aromatic rings. The highest BCUT2D eigenvalue weighted by atomic mass is 16.6. The number of hydrogen-bond acceptors (Lipinski definition) is 4. The van der Waals surface area contributed by atoms with Crippen LogP contribution in [0.1, 0.15) is 38.3 Å². The lowest BCUT2D eigenvalue weighted by Gasteiger charge is -2.34. The van der Waals surface area contributed by atoms with E-state index in [4.69, 9.17) is 4.74 Å². The van der Waals surface area contributed by atoms with Gasteiger partial charge in [-0.05, 0) is 12.5 Å². The Kier molecular flexibility index (Phi) is 6.35. The summed E-state index contributed by atoms with van der Waals surface area (Å²) in [5, 5.41) is 0. The molecule has 0 aliphatic carbocycles. The van der Waals surface area contributed by atoms with Gasteiger partial charge in [-0.1, -0.05) is 49.8 Å². The molecule has 0 amide bonds. The first-order chi connectivity index (χ1) is 10.3. The zero-order valence-electron chi connectivity index (χ0n) is 13.7. The summed E-state index contributed by atoms with van der Waals surface area (Å²) in [6.07, 6.45) is 1.86. The maximum atomic E-state index is 11.8. The number of hydrogen-bond donors (Lipinski definition) is 0. The van der Waals surface area contributed by atoms with Gasteiger partial charge in [0.15, 0.2) is 6.61 Å². The van der Waals surface area contributed by atoms with Crippen LogP contribution in [0.4, 0.5) is 0 Å². The molecular formula is C18H24O4. The van der Waals surface area contributed by atoms with Crippen molar-refractivity contribution in [3.05, 3.63) is 48.0 Å². The third-order valence-corrected chi connectivity index (χ3v) is 3.61. The monoisotopic (exact) mass is 304 g/mol. The van der Waals surface area contributed by atoms with Crippen molar-refractivity contribution < 1.29 is 19.1 Å². The third-order valence-electron chi connectivity index (χ3n) is 3.61. The zero-order valence-corrected chi connectivity index (χ0v) is 13.7. The van der Waals surface area contributed by atoms with Gasteiger partial charge in [-0.2, -0.15) is 0 Å². The maximum Gasteiger partial charge on any atom is 0.344 e. The molecule has 1 rings (SSSR count). The quantitative estimate of drug-likeness (QED) is 0.573. The summed E-state index contributed by atoms with van der Waals surface area (Å²) in [6, 6.07) is 8.10. The first-order valence-electron chi connectivity index (χ1n) is 7.28. The van der Waals surface area contributed by atoms with E-state index in [1.807, 2.05) is 39.0 Å². The first-order valence-corrected chi connectivity index (χ1v) is 7.28. The second-order valence-corrected chi connectivity index (χ2v) is 5.87. The smallest absolute Gasteiger partial charge is 0.344 e. The molecule has 4 nitrogen and oxygen atoms in total. The topological polar surface area (TPSA) is 52.6 Å². The van der Waals surface area contributed by atoms with E-state index in [0.29, 0.717) is 6.42 Å². The van der Waals surface area contributed by atoms with Crippen LogP contribution in [0.25, 0.3) is 0 Å². The zero-order chi connectivity index (χ0) is 16.8. The molecule has 0 aromatic heterocycles. The summed E-state index contributed by atoms with van der Waals surface area (Å²) in [5.41, 5.74) is 1.85. The van der Waals surface area contributed by atoms with E-state index in [2.05, 4.69) is 17.4 Å². The Morgan fingerprint density at radius 3 is 2.59 bits per heavy atom. The molecule has 0 bridgehead atoms. The van der Waals surface area contributed by atoms with Crippen LogP contribution in [0, 0.1) is 6.92 Å². The summed E-state index contributed by atoms with van der Waals surface area (Å²) in [4.78, 5) is 22.6. The molecule has 1 aromatic carbocycles. The minimum atomic E-state index is -0.553. The van der Waals surface area contributed by atoms with Gasteiger partial charge in [-0.3, -0.25) is 4.79 Å². The Morgan fingerprint density at radius 1 is 1.36 bits per heavy atom. The van der Waals surface area contributed by atoms with E-state index in [0.717, 1.165) is 11.1 Å². The molecule has 1 atom stereocenters. The van der Waals surface area contributed by atoms with Crippen LogP contribution in [0.5, 0.6) is 0 Å². The molecule has 0 saturated heterocycles. The standard InChI is InChI=1S/C18H24O4/c1-6-8-16(22-17(20)12-21-14(3)19)18(4,5)15-10-7-9-13(2)11-15/h6-7,9-11,16H,1,8,12H2,2-5H3. The number of rotatable bonds is 7. The molecule has 0 saturated carbocycles. The average molecular weight is 304 g/mol. The molecule has 22 heavy (non-hydrogen) atoms. The van der Waals surface area contributed by atoms with Crippen molar-refractivity contribution in [2.75, 3.05) is 6.61 Å². The average Bonchev–Trinajstić information content (AvgIpc) is 2.44. The van der Waals surface area contributed by atoms with E-state index in [1.54, 1.807) is 6.08 Å². The Labute approximate surface area is 132 Å². The molecule has 4 heteroatoms. The van der Waals surface area contributed by atoms with Gasteiger partial charge in [0.2, 0.25) is 0 Å². The van der Waals surface area contributed by atoms with E-state index in [-0.39, 0.29) is 18.1 Å². The van der Waals surface area contributed by atoms with Gasteiger partial charge in [0.1, 0.15) is 6.10 Å². The van der Waals surface area contributed by atoms with Crippen LogP contribution in [0.3, 0.4) is 0 Å². The minimum Gasteiger partial charge on any atom is -0.459 e. The fraction of sp³-hybridized carbons (Fsp3) is 0.444. The molecule has 0 fully saturated rings. The van der Waals surface area contributed by atoms with Crippen molar-refractivity contribution in [1.29, 1.82) is 0 Å². The molecule has 0 spiro atoms. The van der Waals surface area contributed by atoms with Crippen molar-refractivity contribution in [2.45, 2.75) is 45.6 Å². The van der Waals surface area contributed by atoms with Gasteiger partial charge in [0.05, 0.1) is 0 Å². The van der Waals surface area contributed by atoms with Crippen LogP contribution in [-0.4, -0.2) is 24.6 Å². The second kappa shape index (κ2) is 7.78. The van der Waals surface area contributed by atoms with Crippen LogP contribution >= 0.6 is 0 Å². The predicted octanol–water partition coefficient (Wildman–Crippen LogP) is 3.32. The molecule has 120 valence electrons. The summed E-state index contributed by atoms with van der Waals surface area (Å²) in [5.74, 6) is -1.06. The molecular weight excluding hydrogens is 280 g/mol. The fourth-order valence-electron chi connectivity index (χ4n) is 2.23. The van der Waals surface area contributed by atoms with E-state index in [1.165, 1.54) is 6.92 Å². The number of esters is 2. The fourth-order valence-corrected chi connectivity index (χ4v) is 2.23. The highest BCUT2D eigenvalue weighted by molar-refractivity contribution is 5.75. The number of ether oxygens (including phenoxy) is 2. The van der Waals surface area contributed by atoms with Crippen LogP contribution in [-0.2, 0) is 24.5 Å². The SMILES string of the molecule is C=CCC(OC(=O)COC(C)=O)C(C)(C)c1cccc(C)c1. The molecule has 1 unspecified atom stereocenters. The van der Waals surface area contributed by atoms with Gasteiger partial charge >= 0.3 is 11.9 Å². The van der Waals surface area contributed by atoms with Gasteiger partial charge in [-0.25, -0.2) is 4.79 Å². The summed E-state index contributed by atoms with van der Waals surface area (Å²) in [7, 11) is 0. The van der Waals surface area contributed by atoms with Crippen LogP contribution in [0.2, 0.25) is 0 Å². The second-order valence-electron chi connectivity index (χ2n) is 5.87. The highest BCUT2D eigenvalue weighted by Gasteiger charge is 2.33. The van der Waals surface area contributed by atoms with Crippen LogP contribution in [0.15, 0.2) is 36.9 Å². The largest absolute Gasteiger partial charge is 0.459 e. The van der Waals surface area contributed by atoms with Crippen LogP contribution < -0.4 is 0 Å². The molecule has 0 aliphatic rings. The Balaban J connectivity index is 2.90. The van der Waals surface area contributed by atoms with Gasteiger partial charge in [0.25, 0.3) is 0 Å². The molecule has 0 heterocycles. The first kappa shape index (κ1) is 18.0. The Hall–Kier alpha value is -2.10. The predicted molar refractivity (Wildman–Crippen MR) is 85.5 cm³/mol. The number of aryl methyl sites for hydroxylation is 1. The van der Waals surface area contributed by atoms with Crippen molar-refractivity contribution in [3.8, 4) is 0 Å². The Morgan fingerprint density at radius 2 is 2.05 bits per heavy atom. The van der Waals surface area contributed by atoms with E-state index < -0.39 is 11.9 Å². The van der Waals surface area contributed by atoms with Crippen molar-refractivity contribution in [2.24, 2.45) is 0 Å². The lowest BCUT2D eigenvalue weighted by molar-refractivity contribution is -0.163. The molecule has 0 N–H and O–H groups in total. The summed E-state index contributed by atoms with van der Waals surface area (Å²) < 4.78 is 10.2. The summed E-state index contributed by atoms with van der Waals surface area (Å²) >= 11 is 0. The number of carbonyl (C=O) groups excluding carboxylic acids is 2. The van der Waals surface area contributed by atoms with Crippen molar-refractivity contribution in [3.63, 3.8) is 0 Å². The molecule has 0 aliphatic heterocycles. The highest BCUT2D eigenvalue weighted by Crippen LogP contribution is 2.31. The molecule has 0 radical (unpaired) electrons. The number of carbonyl (C=O) groups is 2. The lowest BCUT2D eigenvalue weighted by Crippen LogP contribution is -2.38. The minimum absolute atomic E-state index is 0.368. The van der Waals surface area contributed by atoms with Gasteiger partial charge in [0, 0.05) is 18.8 Å². The maximum absolute atomic E-state index is 11.8. The van der Waals surface area contributed by atoms with Gasteiger partial charge < -0.3 is 9.47 Å². The van der Waals surface area contributed by atoms with E-state index >= 15 is 0 Å².